The molecule has 1 aromatic heterocycles. The van der Waals surface area contributed by atoms with E-state index in [1.165, 1.54) is 19.5 Å². The number of likely N-dealkylation sites (tertiary alicyclic amines) is 1. The summed E-state index contributed by atoms with van der Waals surface area (Å²) in [6, 6.07) is 6.36. The van der Waals surface area contributed by atoms with E-state index < -0.39 is 0 Å². The molecule has 1 fully saturated rings. The van der Waals surface area contributed by atoms with Crippen LogP contribution in [0.1, 0.15) is 20.3 Å². The second-order valence-electron chi connectivity index (χ2n) is 5.07. The number of rotatable bonds is 4. The summed E-state index contributed by atoms with van der Waals surface area (Å²) in [5.41, 5.74) is 5.64. The Balaban J connectivity index is 1.80. The summed E-state index contributed by atoms with van der Waals surface area (Å²) in [7, 11) is 0. The second kappa shape index (κ2) is 5.36. The number of aromatic nitrogens is 1. The fourth-order valence-corrected chi connectivity index (χ4v) is 2.30. The van der Waals surface area contributed by atoms with E-state index in [0.717, 1.165) is 18.3 Å². The first-order valence-electron chi connectivity index (χ1n) is 6.35. The molecule has 4 heteroatoms. The smallest absolute Gasteiger partial charge is 0.128 e. The summed E-state index contributed by atoms with van der Waals surface area (Å²) in [4.78, 5) is 6.77. The highest BCUT2D eigenvalue weighted by molar-refractivity contribution is 5.42. The fraction of sp³-hybridized carbons (Fsp3) is 0.615. The minimum Gasteiger partial charge on any atom is -0.384 e. The Kier molecular flexibility index (Phi) is 3.84. The number of nitrogen functional groups attached to an aromatic ring is 1. The third-order valence-electron chi connectivity index (χ3n) is 3.39. The third kappa shape index (κ3) is 3.33. The van der Waals surface area contributed by atoms with Crippen LogP contribution in [0.2, 0.25) is 0 Å². The molecule has 1 atom stereocenters. The summed E-state index contributed by atoms with van der Waals surface area (Å²) in [5, 5.41) is 3.37. The highest BCUT2D eigenvalue weighted by Crippen LogP contribution is 2.19. The van der Waals surface area contributed by atoms with Crippen LogP contribution in [0.4, 0.5) is 11.6 Å². The van der Waals surface area contributed by atoms with Crippen molar-refractivity contribution in [2.45, 2.75) is 26.3 Å². The third-order valence-corrected chi connectivity index (χ3v) is 3.39. The number of nitrogens with two attached hydrogens (primary N) is 1. The van der Waals surface area contributed by atoms with Gasteiger partial charge >= 0.3 is 0 Å². The van der Waals surface area contributed by atoms with E-state index in [-0.39, 0.29) is 0 Å². The molecule has 3 N–H and O–H groups in total. The van der Waals surface area contributed by atoms with Gasteiger partial charge in [0.2, 0.25) is 0 Å². The predicted molar refractivity (Wildman–Crippen MR) is 72.0 cm³/mol. The molecule has 17 heavy (non-hydrogen) atoms. The monoisotopic (exact) mass is 234 g/mol. The Labute approximate surface area is 103 Å². The van der Waals surface area contributed by atoms with E-state index in [2.05, 4.69) is 29.0 Å². The average molecular weight is 234 g/mol. The molecule has 0 aromatic carbocycles. The minimum atomic E-state index is 0.574. The van der Waals surface area contributed by atoms with Crippen molar-refractivity contribution in [3.63, 3.8) is 0 Å². The van der Waals surface area contributed by atoms with Crippen molar-refractivity contribution in [1.82, 2.24) is 9.88 Å². The molecule has 1 aromatic rings. The highest BCUT2D eigenvalue weighted by Gasteiger charge is 2.23. The zero-order valence-corrected chi connectivity index (χ0v) is 10.7. The Morgan fingerprint density at radius 2 is 2.35 bits per heavy atom. The highest BCUT2D eigenvalue weighted by atomic mass is 15.2. The lowest BCUT2D eigenvalue weighted by Gasteiger charge is -2.20. The summed E-state index contributed by atoms with van der Waals surface area (Å²) < 4.78 is 0. The van der Waals surface area contributed by atoms with Gasteiger partial charge in [-0.2, -0.15) is 0 Å². The van der Waals surface area contributed by atoms with Gasteiger partial charge in [0.1, 0.15) is 11.6 Å². The van der Waals surface area contributed by atoms with Crippen molar-refractivity contribution >= 4 is 11.6 Å². The number of nitrogens with one attached hydrogen (secondary N) is 1. The van der Waals surface area contributed by atoms with Gasteiger partial charge in [-0.25, -0.2) is 4.98 Å². The van der Waals surface area contributed by atoms with Gasteiger partial charge in [-0.15, -0.1) is 0 Å². The first-order chi connectivity index (χ1) is 8.15. The standard InChI is InChI=1S/C13H22N4/c1-10(2)17-7-6-11(9-17)8-15-13-5-3-4-12(14)16-13/h3-5,10-11H,6-9H2,1-2H3,(H3,14,15,16). The summed E-state index contributed by atoms with van der Waals surface area (Å²) in [6.45, 7) is 7.91. The molecule has 0 spiro atoms. The van der Waals surface area contributed by atoms with Crippen LogP contribution >= 0.6 is 0 Å². The van der Waals surface area contributed by atoms with Crippen molar-refractivity contribution in [3.8, 4) is 0 Å². The molecular formula is C13H22N4. The lowest BCUT2D eigenvalue weighted by atomic mass is 10.1. The molecule has 1 aliphatic heterocycles. The van der Waals surface area contributed by atoms with E-state index in [1.54, 1.807) is 6.07 Å². The Hall–Kier alpha value is -1.29. The molecular weight excluding hydrogens is 212 g/mol. The topological polar surface area (TPSA) is 54.2 Å². The van der Waals surface area contributed by atoms with Crippen LogP contribution in [0.15, 0.2) is 18.2 Å². The van der Waals surface area contributed by atoms with Gasteiger partial charge in [0.05, 0.1) is 0 Å². The van der Waals surface area contributed by atoms with Crippen LogP contribution in [0, 0.1) is 5.92 Å². The SMILES string of the molecule is CC(C)N1CCC(CNc2cccc(N)n2)C1. The van der Waals surface area contributed by atoms with Gasteiger partial charge < -0.3 is 16.0 Å². The maximum absolute atomic E-state index is 5.64. The lowest BCUT2D eigenvalue weighted by Crippen LogP contribution is -2.29. The van der Waals surface area contributed by atoms with E-state index in [0.29, 0.717) is 11.9 Å². The van der Waals surface area contributed by atoms with Crippen LogP contribution in [-0.2, 0) is 0 Å². The van der Waals surface area contributed by atoms with Crippen molar-refractivity contribution in [2.24, 2.45) is 5.92 Å². The summed E-state index contributed by atoms with van der Waals surface area (Å²) in [5.74, 6) is 2.18. The number of pyridine rings is 1. The molecule has 4 nitrogen and oxygen atoms in total. The van der Waals surface area contributed by atoms with Crippen molar-refractivity contribution in [2.75, 3.05) is 30.7 Å². The van der Waals surface area contributed by atoms with Gasteiger partial charge in [-0.05, 0) is 44.9 Å². The second-order valence-corrected chi connectivity index (χ2v) is 5.07. The normalized spacial score (nSPS) is 21.0. The fourth-order valence-electron chi connectivity index (χ4n) is 2.30. The molecule has 0 amide bonds. The molecule has 94 valence electrons. The van der Waals surface area contributed by atoms with Crippen LogP contribution < -0.4 is 11.1 Å². The van der Waals surface area contributed by atoms with E-state index in [9.17, 15) is 0 Å². The molecule has 2 heterocycles. The van der Waals surface area contributed by atoms with Crippen LogP contribution in [0.3, 0.4) is 0 Å². The first-order valence-corrected chi connectivity index (χ1v) is 6.35. The molecule has 1 aliphatic rings. The van der Waals surface area contributed by atoms with Crippen LogP contribution in [0.5, 0.6) is 0 Å². The molecule has 2 rings (SSSR count). The van der Waals surface area contributed by atoms with Gasteiger partial charge in [-0.3, -0.25) is 0 Å². The number of anilines is 2. The molecule has 1 unspecified atom stereocenters. The van der Waals surface area contributed by atoms with E-state index >= 15 is 0 Å². The Bertz CT molecular complexity index is 364. The van der Waals surface area contributed by atoms with Gasteiger partial charge in [0.25, 0.3) is 0 Å². The zero-order chi connectivity index (χ0) is 12.3. The van der Waals surface area contributed by atoms with Gasteiger partial charge in [0, 0.05) is 19.1 Å². The van der Waals surface area contributed by atoms with Crippen molar-refractivity contribution in [1.29, 1.82) is 0 Å². The van der Waals surface area contributed by atoms with E-state index in [1.807, 2.05) is 12.1 Å². The summed E-state index contributed by atoms with van der Waals surface area (Å²) in [6.07, 6.45) is 1.27. The first kappa shape index (κ1) is 12.2. The van der Waals surface area contributed by atoms with Gasteiger partial charge in [0.15, 0.2) is 0 Å². The van der Waals surface area contributed by atoms with Crippen molar-refractivity contribution < 1.29 is 0 Å². The zero-order valence-electron chi connectivity index (χ0n) is 10.7. The minimum absolute atomic E-state index is 0.574. The number of hydrogen-bond acceptors (Lipinski definition) is 4. The quantitative estimate of drug-likeness (QED) is 0.834. The van der Waals surface area contributed by atoms with Crippen molar-refractivity contribution in [3.05, 3.63) is 18.2 Å². The number of nitrogens with zero attached hydrogens (tertiary/aromatic N) is 2. The van der Waals surface area contributed by atoms with Gasteiger partial charge in [-0.1, -0.05) is 6.07 Å². The molecule has 0 radical (unpaired) electrons. The van der Waals surface area contributed by atoms with Crippen LogP contribution in [0.25, 0.3) is 0 Å². The van der Waals surface area contributed by atoms with Crippen LogP contribution in [-0.4, -0.2) is 35.6 Å². The maximum atomic E-state index is 5.64. The molecule has 0 aliphatic carbocycles. The number of hydrogen-bond donors (Lipinski definition) is 2. The summed E-state index contributed by atoms with van der Waals surface area (Å²) >= 11 is 0. The Morgan fingerprint density at radius 1 is 1.53 bits per heavy atom. The maximum Gasteiger partial charge on any atom is 0.128 e. The van der Waals surface area contributed by atoms with E-state index in [4.69, 9.17) is 5.73 Å². The molecule has 0 saturated carbocycles. The largest absolute Gasteiger partial charge is 0.384 e. The average Bonchev–Trinajstić information content (AvgIpc) is 2.75. The Morgan fingerprint density at radius 3 is 3.00 bits per heavy atom. The molecule has 1 saturated heterocycles. The lowest BCUT2D eigenvalue weighted by molar-refractivity contribution is 0.266. The predicted octanol–water partition coefficient (Wildman–Crippen LogP) is 1.81. The molecule has 0 bridgehead atoms.